The predicted octanol–water partition coefficient (Wildman–Crippen LogP) is 4.58. The number of esters is 2. The molecule has 24 heavy (non-hydrogen) atoms. The molecule has 0 heterocycles. The summed E-state index contributed by atoms with van der Waals surface area (Å²) < 4.78 is 48.0. The summed E-state index contributed by atoms with van der Waals surface area (Å²) in [5, 5.41) is 0. The zero-order valence-electron chi connectivity index (χ0n) is 14.4. The summed E-state index contributed by atoms with van der Waals surface area (Å²) in [4.78, 5) is 24.8. The molecule has 7 heteroatoms. The lowest BCUT2D eigenvalue weighted by atomic mass is 9.79. The Balaban J connectivity index is 5.31. The van der Waals surface area contributed by atoms with Gasteiger partial charge < -0.3 is 9.47 Å². The van der Waals surface area contributed by atoms with Crippen molar-refractivity contribution in [1.29, 1.82) is 0 Å². The number of hydrogen-bond acceptors (Lipinski definition) is 4. The topological polar surface area (TPSA) is 52.6 Å². The van der Waals surface area contributed by atoms with Gasteiger partial charge >= 0.3 is 18.1 Å². The molecular formula is C17H27F3O4. The number of rotatable bonds is 12. The van der Waals surface area contributed by atoms with Crippen LogP contribution in [0.2, 0.25) is 0 Å². The molecule has 0 saturated heterocycles. The molecule has 0 aromatic heterocycles. The van der Waals surface area contributed by atoms with E-state index in [9.17, 15) is 22.8 Å². The minimum atomic E-state index is -4.49. The predicted molar refractivity (Wildman–Crippen MR) is 84.3 cm³/mol. The van der Waals surface area contributed by atoms with Crippen molar-refractivity contribution in [2.24, 2.45) is 5.41 Å². The molecule has 0 aliphatic rings. The van der Waals surface area contributed by atoms with Crippen LogP contribution in [-0.2, 0) is 19.1 Å². The minimum absolute atomic E-state index is 0.0580. The molecule has 0 rings (SSSR count). The maximum atomic E-state index is 12.6. The lowest BCUT2D eigenvalue weighted by molar-refractivity contribution is -0.178. The van der Waals surface area contributed by atoms with Gasteiger partial charge in [0.2, 0.25) is 0 Å². The standard InChI is InChI=1S/C17H27F3O4/c1-4-7-12-23-14(21)16(9-6-3,10-11-17(18,19)20)15(22)24-13-8-5-2/h6H,3-5,7-13H2,1-2H3. The third-order valence-corrected chi connectivity index (χ3v) is 3.57. The molecule has 140 valence electrons. The fraction of sp³-hybridized carbons (Fsp3) is 0.765. The second kappa shape index (κ2) is 11.1. The number of unbranched alkanes of at least 4 members (excludes halogenated alkanes) is 2. The molecule has 0 fully saturated rings. The van der Waals surface area contributed by atoms with Gasteiger partial charge in [0.1, 0.15) is 0 Å². The molecule has 0 N–H and O–H groups in total. The molecule has 0 atom stereocenters. The van der Waals surface area contributed by atoms with Gasteiger partial charge in [0.15, 0.2) is 5.41 Å². The lowest BCUT2D eigenvalue weighted by Crippen LogP contribution is -2.43. The first-order valence-corrected chi connectivity index (χ1v) is 8.25. The number of allylic oxidation sites excluding steroid dienone is 1. The molecule has 0 saturated carbocycles. The Morgan fingerprint density at radius 3 is 1.75 bits per heavy atom. The Bertz CT molecular complexity index is 383. The summed E-state index contributed by atoms with van der Waals surface area (Å²) in [5.41, 5.74) is -1.99. The van der Waals surface area contributed by atoms with Crippen molar-refractivity contribution in [1.82, 2.24) is 0 Å². The van der Waals surface area contributed by atoms with Crippen LogP contribution in [0.25, 0.3) is 0 Å². The van der Waals surface area contributed by atoms with Gasteiger partial charge in [0, 0.05) is 6.42 Å². The van der Waals surface area contributed by atoms with Crippen LogP contribution < -0.4 is 0 Å². The summed E-state index contributed by atoms with van der Waals surface area (Å²) in [5.74, 6) is -1.94. The molecule has 0 amide bonds. The van der Waals surface area contributed by atoms with Gasteiger partial charge in [-0.15, -0.1) is 6.58 Å². The number of alkyl halides is 3. The molecule has 0 radical (unpaired) electrons. The van der Waals surface area contributed by atoms with Crippen molar-refractivity contribution >= 4 is 11.9 Å². The van der Waals surface area contributed by atoms with Crippen molar-refractivity contribution in [3.8, 4) is 0 Å². The van der Waals surface area contributed by atoms with E-state index in [2.05, 4.69) is 6.58 Å². The average molecular weight is 352 g/mol. The van der Waals surface area contributed by atoms with Crippen molar-refractivity contribution in [2.75, 3.05) is 13.2 Å². The second-order valence-electron chi connectivity index (χ2n) is 5.67. The summed E-state index contributed by atoms with van der Waals surface area (Å²) in [6.45, 7) is 7.33. The lowest BCUT2D eigenvalue weighted by Gasteiger charge is -2.28. The highest BCUT2D eigenvalue weighted by atomic mass is 19.4. The Kier molecular flexibility index (Phi) is 10.4. The van der Waals surface area contributed by atoms with E-state index in [0.29, 0.717) is 12.8 Å². The Labute approximate surface area is 141 Å². The van der Waals surface area contributed by atoms with E-state index in [-0.39, 0.29) is 19.6 Å². The van der Waals surface area contributed by atoms with Crippen LogP contribution in [0, 0.1) is 5.41 Å². The molecule has 0 unspecified atom stereocenters. The van der Waals surface area contributed by atoms with Gasteiger partial charge in [-0.1, -0.05) is 32.8 Å². The van der Waals surface area contributed by atoms with Gasteiger partial charge in [-0.05, 0) is 25.7 Å². The molecule has 0 aliphatic heterocycles. The zero-order valence-corrected chi connectivity index (χ0v) is 14.4. The molecule has 0 aliphatic carbocycles. The van der Waals surface area contributed by atoms with Crippen molar-refractivity contribution in [2.45, 2.75) is 65.0 Å². The third kappa shape index (κ3) is 7.84. The van der Waals surface area contributed by atoms with E-state index in [1.165, 1.54) is 6.08 Å². The Hall–Kier alpha value is -1.53. The maximum Gasteiger partial charge on any atom is 0.389 e. The van der Waals surface area contributed by atoms with Gasteiger partial charge in [0.05, 0.1) is 13.2 Å². The van der Waals surface area contributed by atoms with Gasteiger partial charge in [-0.2, -0.15) is 13.2 Å². The monoisotopic (exact) mass is 352 g/mol. The van der Waals surface area contributed by atoms with Crippen molar-refractivity contribution < 1.29 is 32.2 Å². The maximum absolute atomic E-state index is 12.6. The second-order valence-corrected chi connectivity index (χ2v) is 5.67. The number of hydrogen-bond donors (Lipinski definition) is 0. The minimum Gasteiger partial charge on any atom is -0.465 e. The Morgan fingerprint density at radius 1 is 0.958 bits per heavy atom. The van der Waals surface area contributed by atoms with Crippen LogP contribution in [0.3, 0.4) is 0 Å². The van der Waals surface area contributed by atoms with E-state index in [4.69, 9.17) is 9.47 Å². The Morgan fingerprint density at radius 2 is 1.42 bits per heavy atom. The first-order chi connectivity index (χ1) is 11.2. The summed E-state index contributed by atoms with van der Waals surface area (Å²) in [7, 11) is 0. The summed E-state index contributed by atoms with van der Waals surface area (Å²) in [6.07, 6.45) is -2.82. The van der Waals surface area contributed by atoms with Gasteiger partial charge in [-0.3, -0.25) is 9.59 Å². The highest BCUT2D eigenvalue weighted by Gasteiger charge is 2.49. The highest BCUT2D eigenvalue weighted by molar-refractivity contribution is 6.00. The normalized spacial score (nSPS) is 11.9. The number of halogens is 3. The quantitative estimate of drug-likeness (QED) is 0.223. The SMILES string of the molecule is C=CCC(CCC(F)(F)F)(C(=O)OCCCC)C(=O)OCCCC. The molecule has 0 aromatic carbocycles. The van der Waals surface area contributed by atoms with Crippen LogP contribution >= 0.6 is 0 Å². The van der Waals surface area contributed by atoms with Gasteiger partial charge in [-0.25, -0.2) is 0 Å². The van der Waals surface area contributed by atoms with E-state index in [0.717, 1.165) is 12.8 Å². The van der Waals surface area contributed by atoms with E-state index < -0.39 is 36.4 Å². The fourth-order valence-corrected chi connectivity index (χ4v) is 2.05. The van der Waals surface area contributed by atoms with Crippen LogP contribution in [0.4, 0.5) is 13.2 Å². The van der Waals surface area contributed by atoms with Crippen molar-refractivity contribution in [3.05, 3.63) is 12.7 Å². The number of carbonyl (C=O) groups is 2. The molecule has 0 spiro atoms. The fourth-order valence-electron chi connectivity index (χ4n) is 2.05. The van der Waals surface area contributed by atoms with E-state index in [1.807, 2.05) is 13.8 Å². The van der Waals surface area contributed by atoms with Crippen LogP contribution in [0.5, 0.6) is 0 Å². The van der Waals surface area contributed by atoms with Crippen LogP contribution in [0.1, 0.15) is 58.8 Å². The smallest absolute Gasteiger partial charge is 0.389 e. The van der Waals surface area contributed by atoms with Crippen LogP contribution in [0.15, 0.2) is 12.7 Å². The largest absolute Gasteiger partial charge is 0.465 e. The number of carbonyl (C=O) groups excluding carboxylic acids is 2. The third-order valence-electron chi connectivity index (χ3n) is 3.57. The number of ether oxygens (including phenoxy) is 2. The molecule has 4 nitrogen and oxygen atoms in total. The first kappa shape index (κ1) is 22.5. The molecular weight excluding hydrogens is 325 g/mol. The molecule has 0 aromatic rings. The summed E-state index contributed by atoms with van der Waals surface area (Å²) >= 11 is 0. The van der Waals surface area contributed by atoms with Crippen molar-refractivity contribution in [3.63, 3.8) is 0 Å². The van der Waals surface area contributed by atoms with E-state index in [1.54, 1.807) is 0 Å². The van der Waals surface area contributed by atoms with Crippen LogP contribution in [-0.4, -0.2) is 31.3 Å². The summed E-state index contributed by atoms with van der Waals surface area (Å²) in [6, 6.07) is 0. The highest BCUT2D eigenvalue weighted by Crippen LogP contribution is 2.37. The molecule has 0 bridgehead atoms. The van der Waals surface area contributed by atoms with E-state index >= 15 is 0 Å². The van der Waals surface area contributed by atoms with Gasteiger partial charge in [0.25, 0.3) is 0 Å². The average Bonchev–Trinajstić information content (AvgIpc) is 2.50. The first-order valence-electron chi connectivity index (χ1n) is 8.25. The zero-order chi connectivity index (χ0) is 18.6.